The SMILES string of the molecule is Cc1cc(C#N)cc(C)c1CNN=O. The van der Waals surface area contributed by atoms with Gasteiger partial charge in [0.25, 0.3) is 0 Å². The highest BCUT2D eigenvalue weighted by Gasteiger charge is 2.04. The molecule has 0 heterocycles. The Morgan fingerprint density at radius 3 is 2.43 bits per heavy atom. The molecule has 0 aliphatic heterocycles. The van der Waals surface area contributed by atoms with Crippen LogP contribution in [0.1, 0.15) is 22.3 Å². The quantitative estimate of drug-likeness (QED) is 0.583. The van der Waals surface area contributed by atoms with Crippen molar-refractivity contribution >= 4 is 0 Å². The van der Waals surface area contributed by atoms with Crippen LogP contribution in [0.15, 0.2) is 17.4 Å². The highest BCUT2D eigenvalue weighted by atomic mass is 16.3. The van der Waals surface area contributed by atoms with Crippen molar-refractivity contribution in [1.82, 2.24) is 5.43 Å². The lowest BCUT2D eigenvalue weighted by molar-refractivity contribution is 0.729. The van der Waals surface area contributed by atoms with Gasteiger partial charge < -0.3 is 0 Å². The summed E-state index contributed by atoms with van der Waals surface area (Å²) >= 11 is 0. The Morgan fingerprint density at radius 1 is 1.43 bits per heavy atom. The second kappa shape index (κ2) is 4.38. The van der Waals surface area contributed by atoms with Crippen LogP contribution in [0.5, 0.6) is 0 Å². The van der Waals surface area contributed by atoms with Gasteiger partial charge in [-0.25, -0.2) is 0 Å². The zero-order valence-corrected chi connectivity index (χ0v) is 8.16. The van der Waals surface area contributed by atoms with Crippen LogP contribution in [-0.4, -0.2) is 0 Å². The number of rotatable bonds is 3. The molecule has 0 saturated carbocycles. The summed E-state index contributed by atoms with van der Waals surface area (Å²) in [6.07, 6.45) is 0. The fourth-order valence-electron chi connectivity index (χ4n) is 1.45. The van der Waals surface area contributed by atoms with Gasteiger partial charge in [-0.3, -0.25) is 5.43 Å². The molecule has 4 nitrogen and oxygen atoms in total. The standard InChI is InChI=1S/C10H11N3O/c1-7-3-9(5-11)4-8(2)10(7)6-12-13-14/h3-4H,6H2,1-2H3,(H,12,14). The molecular weight excluding hydrogens is 178 g/mol. The predicted molar refractivity (Wildman–Crippen MR) is 53.3 cm³/mol. The summed E-state index contributed by atoms with van der Waals surface area (Å²) in [6.45, 7) is 4.23. The van der Waals surface area contributed by atoms with Crippen LogP contribution in [0.3, 0.4) is 0 Å². The molecule has 0 radical (unpaired) electrons. The van der Waals surface area contributed by atoms with E-state index in [1.54, 1.807) is 12.1 Å². The lowest BCUT2D eigenvalue weighted by Crippen LogP contribution is -2.07. The molecule has 0 unspecified atom stereocenters. The second-order valence-electron chi connectivity index (χ2n) is 3.13. The van der Waals surface area contributed by atoms with Gasteiger partial charge in [-0.15, -0.1) is 4.91 Å². The maximum Gasteiger partial charge on any atom is 0.0991 e. The van der Waals surface area contributed by atoms with Crippen molar-refractivity contribution in [1.29, 1.82) is 5.26 Å². The summed E-state index contributed by atoms with van der Waals surface area (Å²) in [7, 11) is 0. The van der Waals surface area contributed by atoms with E-state index < -0.39 is 0 Å². The predicted octanol–water partition coefficient (Wildman–Crippen LogP) is 1.95. The Balaban J connectivity index is 3.06. The van der Waals surface area contributed by atoms with Gasteiger partial charge in [-0.2, -0.15) is 5.26 Å². The third kappa shape index (κ3) is 2.07. The molecule has 0 spiro atoms. The zero-order chi connectivity index (χ0) is 10.6. The van der Waals surface area contributed by atoms with Crippen LogP contribution in [0.2, 0.25) is 0 Å². The Labute approximate surface area is 82.5 Å². The van der Waals surface area contributed by atoms with Gasteiger partial charge in [0.05, 0.1) is 18.2 Å². The number of hydrogen-bond acceptors (Lipinski definition) is 3. The van der Waals surface area contributed by atoms with E-state index >= 15 is 0 Å². The molecule has 0 bridgehead atoms. The molecule has 0 fully saturated rings. The Hall–Kier alpha value is -1.89. The first-order chi connectivity index (χ1) is 6.69. The average molecular weight is 189 g/mol. The van der Waals surface area contributed by atoms with Gasteiger partial charge in [0.1, 0.15) is 0 Å². The lowest BCUT2D eigenvalue weighted by atomic mass is 10.00. The van der Waals surface area contributed by atoms with Gasteiger partial charge in [-0.05, 0) is 42.7 Å². The summed E-state index contributed by atoms with van der Waals surface area (Å²) in [4.78, 5) is 9.91. The summed E-state index contributed by atoms with van der Waals surface area (Å²) in [5.41, 5.74) is 6.02. The Kier molecular flexibility index (Phi) is 3.19. The monoisotopic (exact) mass is 189 g/mol. The summed E-state index contributed by atoms with van der Waals surface area (Å²) < 4.78 is 0. The fraction of sp³-hybridized carbons (Fsp3) is 0.300. The van der Waals surface area contributed by atoms with Crippen molar-refractivity contribution in [2.75, 3.05) is 0 Å². The van der Waals surface area contributed by atoms with Gasteiger partial charge in [0.15, 0.2) is 0 Å². The smallest absolute Gasteiger partial charge is 0.0991 e. The molecular formula is C10H11N3O. The number of nitrogens with zero attached hydrogens (tertiary/aromatic N) is 2. The van der Waals surface area contributed by atoms with Gasteiger partial charge in [-0.1, -0.05) is 0 Å². The molecule has 0 saturated heterocycles. The fourth-order valence-corrected chi connectivity index (χ4v) is 1.45. The third-order valence-electron chi connectivity index (χ3n) is 2.15. The largest absolute Gasteiger partial charge is 0.269 e. The van der Waals surface area contributed by atoms with E-state index in [9.17, 15) is 4.91 Å². The van der Waals surface area contributed by atoms with Crippen LogP contribution >= 0.6 is 0 Å². The molecule has 4 heteroatoms. The van der Waals surface area contributed by atoms with E-state index in [2.05, 4.69) is 16.8 Å². The van der Waals surface area contributed by atoms with E-state index in [1.807, 2.05) is 13.8 Å². The molecule has 0 aliphatic rings. The van der Waals surface area contributed by atoms with E-state index in [1.165, 1.54) is 0 Å². The van der Waals surface area contributed by atoms with E-state index in [-0.39, 0.29) is 0 Å². The van der Waals surface area contributed by atoms with Crippen LogP contribution in [-0.2, 0) is 6.54 Å². The van der Waals surface area contributed by atoms with Crippen LogP contribution < -0.4 is 5.43 Å². The van der Waals surface area contributed by atoms with Crippen molar-refractivity contribution < 1.29 is 0 Å². The van der Waals surface area contributed by atoms with Crippen molar-refractivity contribution in [2.24, 2.45) is 5.29 Å². The van der Waals surface area contributed by atoms with E-state index in [0.717, 1.165) is 16.7 Å². The minimum absolute atomic E-state index is 0.410. The number of nitriles is 1. The Bertz CT molecular complexity index is 370. The first kappa shape index (κ1) is 10.2. The molecule has 0 atom stereocenters. The van der Waals surface area contributed by atoms with E-state index in [4.69, 9.17) is 5.26 Å². The summed E-state index contributed by atoms with van der Waals surface area (Å²) in [5.74, 6) is 0. The second-order valence-corrected chi connectivity index (χ2v) is 3.13. The van der Waals surface area contributed by atoms with Crippen molar-refractivity contribution in [3.63, 3.8) is 0 Å². The summed E-state index contributed by atoms with van der Waals surface area (Å²) in [6, 6.07) is 5.69. The third-order valence-corrected chi connectivity index (χ3v) is 2.15. The number of aryl methyl sites for hydroxylation is 2. The van der Waals surface area contributed by atoms with Crippen molar-refractivity contribution in [3.05, 3.63) is 39.3 Å². The highest BCUT2D eigenvalue weighted by molar-refractivity contribution is 5.42. The number of nitrogens with one attached hydrogen (secondary N) is 1. The minimum Gasteiger partial charge on any atom is -0.269 e. The zero-order valence-electron chi connectivity index (χ0n) is 8.16. The molecule has 1 N–H and O–H groups in total. The van der Waals surface area contributed by atoms with Gasteiger partial charge in [0, 0.05) is 5.29 Å². The number of hydrogen-bond donors (Lipinski definition) is 1. The number of benzene rings is 1. The average Bonchev–Trinajstić information content (AvgIpc) is 2.16. The van der Waals surface area contributed by atoms with Crippen molar-refractivity contribution in [2.45, 2.75) is 20.4 Å². The molecule has 1 rings (SSSR count). The molecule has 1 aromatic carbocycles. The molecule has 14 heavy (non-hydrogen) atoms. The molecule has 72 valence electrons. The number of nitroso groups, excluding NO2 is 1. The van der Waals surface area contributed by atoms with Crippen LogP contribution in [0.4, 0.5) is 0 Å². The maximum absolute atomic E-state index is 9.91. The highest BCUT2D eigenvalue weighted by Crippen LogP contribution is 2.15. The van der Waals surface area contributed by atoms with E-state index in [0.29, 0.717) is 12.1 Å². The topological polar surface area (TPSA) is 65.2 Å². The molecule has 0 aromatic heterocycles. The van der Waals surface area contributed by atoms with Crippen LogP contribution in [0, 0.1) is 30.1 Å². The first-order valence-corrected chi connectivity index (χ1v) is 4.24. The molecule has 0 aliphatic carbocycles. The molecule has 1 aromatic rings. The van der Waals surface area contributed by atoms with Crippen molar-refractivity contribution in [3.8, 4) is 6.07 Å². The Morgan fingerprint density at radius 2 is 2.00 bits per heavy atom. The van der Waals surface area contributed by atoms with Crippen LogP contribution in [0.25, 0.3) is 0 Å². The summed E-state index contributed by atoms with van der Waals surface area (Å²) in [5, 5.41) is 11.3. The first-order valence-electron chi connectivity index (χ1n) is 4.24. The normalized spacial score (nSPS) is 9.21. The van der Waals surface area contributed by atoms with Gasteiger partial charge >= 0.3 is 0 Å². The lowest BCUT2D eigenvalue weighted by Gasteiger charge is -2.08. The van der Waals surface area contributed by atoms with Gasteiger partial charge in [0.2, 0.25) is 0 Å². The maximum atomic E-state index is 9.91. The molecule has 0 amide bonds. The minimum atomic E-state index is 0.410.